The second-order valence-electron chi connectivity index (χ2n) is 8.43. The maximum Gasteiger partial charge on any atom is 0.226 e. The molecular weight excluding hydrogens is 380 g/mol. The standard InChI is InChI=1S/C24H34N2O2S/c1-6-18(4)26(24(27)20-9-7-8-10-20)13-21-15-29-23(25-21)14-28-22-12-16(2)11-17(3)19(22)5/h11-12,15,18,20H,6-10,13-14H2,1-5H3/t18-/m0/s1. The van der Waals surface area contributed by atoms with E-state index in [2.05, 4.69) is 52.1 Å². The van der Waals surface area contributed by atoms with Crippen LogP contribution in [-0.2, 0) is 17.9 Å². The first-order valence-electron chi connectivity index (χ1n) is 10.8. The molecule has 3 rings (SSSR count). The summed E-state index contributed by atoms with van der Waals surface area (Å²) in [5.74, 6) is 1.45. The summed E-state index contributed by atoms with van der Waals surface area (Å²) in [6.45, 7) is 11.7. The van der Waals surface area contributed by atoms with Gasteiger partial charge in [0.25, 0.3) is 0 Å². The Morgan fingerprint density at radius 3 is 2.69 bits per heavy atom. The number of aromatic nitrogens is 1. The van der Waals surface area contributed by atoms with E-state index in [-0.39, 0.29) is 12.0 Å². The summed E-state index contributed by atoms with van der Waals surface area (Å²) in [5, 5.41) is 3.03. The first kappa shape index (κ1) is 21.8. The molecule has 1 heterocycles. The van der Waals surface area contributed by atoms with Crippen LogP contribution in [0.5, 0.6) is 5.75 Å². The monoisotopic (exact) mass is 414 g/mol. The van der Waals surface area contributed by atoms with Crippen LogP contribution in [0.3, 0.4) is 0 Å². The first-order chi connectivity index (χ1) is 13.9. The SMILES string of the molecule is CC[C@H](C)N(Cc1csc(COc2cc(C)cc(C)c2C)n1)C(=O)C1CCCC1. The summed E-state index contributed by atoms with van der Waals surface area (Å²) in [4.78, 5) is 19.9. The van der Waals surface area contributed by atoms with Crippen molar-refractivity contribution < 1.29 is 9.53 Å². The molecule has 158 valence electrons. The van der Waals surface area contributed by atoms with E-state index in [0.717, 1.165) is 35.7 Å². The van der Waals surface area contributed by atoms with Crippen molar-refractivity contribution in [3.63, 3.8) is 0 Å². The van der Waals surface area contributed by atoms with Gasteiger partial charge in [-0.15, -0.1) is 11.3 Å². The molecule has 4 nitrogen and oxygen atoms in total. The third-order valence-electron chi connectivity index (χ3n) is 6.16. The molecule has 1 aromatic carbocycles. The lowest BCUT2D eigenvalue weighted by atomic mass is 10.0. The normalized spacial score (nSPS) is 15.5. The lowest BCUT2D eigenvalue weighted by molar-refractivity contribution is -0.138. The van der Waals surface area contributed by atoms with Crippen molar-refractivity contribution in [1.29, 1.82) is 0 Å². The topological polar surface area (TPSA) is 42.4 Å². The molecule has 1 aliphatic rings. The minimum Gasteiger partial charge on any atom is -0.486 e. The zero-order valence-corrected chi connectivity index (χ0v) is 19.3. The molecule has 0 unspecified atom stereocenters. The van der Waals surface area contributed by atoms with Crippen LogP contribution in [-0.4, -0.2) is 21.8 Å². The number of carbonyl (C=O) groups is 1. The zero-order valence-electron chi connectivity index (χ0n) is 18.5. The van der Waals surface area contributed by atoms with E-state index in [9.17, 15) is 4.79 Å². The number of hydrogen-bond acceptors (Lipinski definition) is 4. The van der Waals surface area contributed by atoms with Crippen LogP contribution in [0.15, 0.2) is 17.5 Å². The third-order valence-corrected chi connectivity index (χ3v) is 7.03. The van der Waals surface area contributed by atoms with E-state index in [4.69, 9.17) is 9.72 Å². The Balaban J connectivity index is 1.65. The van der Waals surface area contributed by atoms with Crippen molar-refractivity contribution >= 4 is 17.2 Å². The maximum atomic E-state index is 13.0. The van der Waals surface area contributed by atoms with Crippen molar-refractivity contribution in [3.8, 4) is 5.75 Å². The number of thiazole rings is 1. The van der Waals surface area contributed by atoms with Crippen molar-refractivity contribution in [2.75, 3.05) is 0 Å². The molecule has 0 aliphatic heterocycles. The number of carbonyl (C=O) groups excluding carboxylic acids is 1. The van der Waals surface area contributed by atoms with Gasteiger partial charge in [-0.25, -0.2) is 4.98 Å². The van der Waals surface area contributed by atoms with Crippen molar-refractivity contribution in [2.45, 2.75) is 85.9 Å². The van der Waals surface area contributed by atoms with Crippen LogP contribution in [0, 0.1) is 26.7 Å². The largest absolute Gasteiger partial charge is 0.486 e. The van der Waals surface area contributed by atoms with E-state index in [1.807, 2.05) is 4.90 Å². The van der Waals surface area contributed by atoms with Gasteiger partial charge in [-0.2, -0.15) is 0 Å². The van der Waals surface area contributed by atoms with E-state index in [1.54, 1.807) is 11.3 Å². The molecule has 1 atom stereocenters. The molecule has 29 heavy (non-hydrogen) atoms. The Kier molecular flexibility index (Phi) is 7.33. The van der Waals surface area contributed by atoms with Gasteiger partial charge in [-0.1, -0.05) is 25.8 Å². The first-order valence-corrected chi connectivity index (χ1v) is 11.7. The number of aryl methyl sites for hydroxylation is 2. The number of ether oxygens (including phenoxy) is 1. The predicted octanol–water partition coefficient (Wildman–Crippen LogP) is 5.96. The fraction of sp³-hybridized carbons (Fsp3) is 0.583. The molecule has 0 spiro atoms. The van der Waals surface area contributed by atoms with E-state index >= 15 is 0 Å². The lowest BCUT2D eigenvalue weighted by Crippen LogP contribution is -2.41. The average molecular weight is 415 g/mol. The smallest absolute Gasteiger partial charge is 0.226 e. The molecule has 1 fully saturated rings. The Labute approximate surface area is 179 Å². The highest BCUT2D eigenvalue weighted by Gasteiger charge is 2.29. The molecule has 2 aromatic rings. The average Bonchev–Trinajstić information content (AvgIpc) is 3.38. The number of nitrogens with zero attached hydrogens (tertiary/aromatic N) is 2. The fourth-order valence-electron chi connectivity index (χ4n) is 4.03. The summed E-state index contributed by atoms with van der Waals surface area (Å²) in [6.07, 6.45) is 5.40. The van der Waals surface area contributed by atoms with E-state index < -0.39 is 0 Å². The van der Waals surface area contributed by atoms with Gasteiger partial charge >= 0.3 is 0 Å². The highest BCUT2D eigenvalue weighted by molar-refractivity contribution is 7.09. The minimum atomic E-state index is 0.206. The van der Waals surface area contributed by atoms with E-state index in [1.165, 1.54) is 29.5 Å². The van der Waals surface area contributed by atoms with Gasteiger partial charge < -0.3 is 9.64 Å². The highest BCUT2D eigenvalue weighted by Crippen LogP contribution is 2.29. The summed E-state index contributed by atoms with van der Waals surface area (Å²) in [6, 6.07) is 4.50. The second kappa shape index (κ2) is 9.75. The Morgan fingerprint density at radius 1 is 1.28 bits per heavy atom. The second-order valence-corrected chi connectivity index (χ2v) is 9.37. The minimum absolute atomic E-state index is 0.206. The Hall–Kier alpha value is -1.88. The molecule has 0 saturated heterocycles. The number of hydrogen-bond donors (Lipinski definition) is 0. The molecule has 1 saturated carbocycles. The van der Waals surface area contributed by atoms with Gasteiger partial charge in [0.2, 0.25) is 5.91 Å². The molecule has 1 amide bonds. The molecular formula is C24H34N2O2S. The number of benzene rings is 1. The molecule has 0 bridgehead atoms. The van der Waals surface area contributed by atoms with Crippen LogP contribution in [0.1, 0.15) is 73.3 Å². The maximum absolute atomic E-state index is 13.0. The summed E-state index contributed by atoms with van der Waals surface area (Å²) < 4.78 is 6.07. The zero-order chi connectivity index (χ0) is 21.0. The summed E-state index contributed by atoms with van der Waals surface area (Å²) in [5.41, 5.74) is 4.60. The van der Waals surface area contributed by atoms with Crippen LogP contribution in [0.2, 0.25) is 0 Å². The van der Waals surface area contributed by atoms with Crippen LogP contribution in [0.4, 0.5) is 0 Å². The number of amides is 1. The molecule has 1 aliphatic carbocycles. The van der Waals surface area contributed by atoms with Gasteiger partial charge in [-0.05, 0) is 69.7 Å². The van der Waals surface area contributed by atoms with Crippen LogP contribution in [0.25, 0.3) is 0 Å². The summed E-state index contributed by atoms with van der Waals surface area (Å²) >= 11 is 1.61. The van der Waals surface area contributed by atoms with Gasteiger partial charge in [0, 0.05) is 17.3 Å². The molecule has 0 radical (unpaired) electrons. The van der Waals surface area contributed by atoms with Gasteiger partial charge in [-0.3, -0.25) is 4.79 Å². The van der Waals surface area contributed by atoms with Crippen molar-refractivity contribution in [2.24, 2.45) is 5.92 Å². The number of rotatable bonds is 8. The van der Waals surface area contributed by atoms with Crippen molar-refractivity contribution in [1.82, 2.24) is 9.88 Å². The quantitative estimate of drug-likeness (QED) is 0.535. The Morgan fingerprint density at radius 2 is 2.00 bits per heavy atom. The van der Waals surface area contributed by atoms with Gasteiger partial charge in [0.1, 0.15) is 17.4 Å². The van der Waals surface area contributed by atoms with Gasteiger partial charge in [0.05, 0.1) is 12.2 Å². The Bertz CT molecular complexity index is 839. The molecule has 5 heteroatoms. The lowest BCUT2D eigenvalue weighted by Gasteiger charge is -2.30. The van der Waals surface area contributed by atoms with E-state index in [0.29, 0.717) is 19.1 Å². The van der Waals surface area contributed by atoms with Crippen LogP contribution >= 0.6 is 11.3 Å². The van der Waals surface area contributed by atoms with Crippen LogP contribution < -0.4 is 4.74 Å². The van der Waals surface area contributed by atoms with Crippen molar-refractivity contribution in [3.05, 3.63) is 44.9 Å². The molecule has 1 aromatic heterocycles. The predicted molar refractivity (Wildman–Crippen MR) is 119 cm³/mol. The summed E-state index contributed by atoms with van der Waals surface area (Å²) in [7, 11) is 0. The third kappa shape index (κ3) is 5.39. The highest BCUT2D eigenvalue weighted by atomic mass is 32.1. The van der Waals surface area contributed by atoms with Gasteiger partial charge in [0.15, 0.2) is 0 Å². The molecule has 0 N–H and O–H groups in total. The fourth-order valence-corrected chi connectivity index (χ4v) is 4.73.